The average molecular weight is 561 g/mol. The summed E-state index contributed by atoms with van der Waals surface area (Å²) in [4.78, 5) is 16.4. The van der Waals surface area contributed by atoms with Gasteiger partial charge in [-0.05, 0) is 65.3 Å². The number of thiazole rings is 1. The Bertz CT molecular complexity index is 1100. The third-order valence-electron chi connectivity index (χ3n) is 3.65. The Balaban J connectivity index is 1.63. The molecular formula is C18H15Br2N3O4S2. The molecule has 152 valence electrons. The van der Waals surface area contributed by atoms with Crippen LogP contribution >= 0.6 is 43.2 Å². The minimum atomic E-state index is -3.74. The summed E-state index contributed by atoms with van der Waals surface area (Å²) in [5, 5.41) is 4.66. The summed E-state index contributed by atoms with van der Waals surface area (Å²) in [6.07, 6.45) is 0.749. The first-order chi connectivity index (χ1) is 13.7. The van der Waals surface area contributed by atoms with E-state index in [1.165, 1.54) is 41.8 Å². The van der Waals surface area contributed by atoms with E-state index in [-0.39, 0.29) is 15.9 Å². The molecule has 1 heterocycles. The van der Waals surface area contributed by atoms with Gasteiger partial charge in [0.1, 0.15) is 5.75 Å². The molecule has 0 radical (unpaired) electrons. The molecule has 1 aromatic heterocycles. The highest BCUT2D eigenvalue weighted by Gasteiger charge is 2.18. The standard InChI is InChI=1S/C18H15Br2N3O4S2/c1-11(27-16-7-2-12(19)10-15(16)20)17(24)22-13-3-5-14(6-4-13)29(25,26)23-18-21-8-9-28-18/h2-11H,1H3,(H,21,23)(H,22,24)/t11-/m0/s1. The van der Waals surface area contributed by atoms with Crippen LogP contribution in [0.4, 0.5) is 10.8 Å². The van der Waals surface area contributed by atoms with Crippen molar-refractivity contribution in [1.82, 2.24) is 4.98 Å². The molecule has 2 aromatic carbocycles. The Labute approximate surface area is 188 Å². The number of hydrogen-bond donors (Lipinski definition) is 2. The van der Waals surface area contributed by atoms with E-state index in [4.69, 9.17) is 4.74 Å². The van der Waals surface area contributed by atoms with Crippen LogP contribution in [0.15, 0.2) is 67.9 Å². The van der Waals surface area contributed by atoms with Gasteiger partial charge in [-0.1, -0.05) is 15.9 Å². The van der Waals surface area contributed by atoms with Crippen LogP contribution in [0.5, 0.6) is 5.75 Å². The Hall–Kier alpha value is -1.95. The number of rotatable bonds is 7. The highest BCUT2D eigenvalue weighted by molar-refractivity contribution is 9.11. The SMILES string of the molecule is C[C@H](Oc1ccc(Br)cc1Br)C(=O)Nc1ccc(S(=O)(=O)Nc2nccs2)cc1. The minimum absolute atomic E-state index is 0.0637. The third kappa shape index (κ3) is 5.78. The molecule has 3 aromatic rings. The summed E-state index contributed by atoms with van der Waals surface area (Å²) in [6, 6.07) is 11.2. The maximum absolute atomic E-state index is 12.4. The number of halogens is 2. The van der Waals surface area contributed by atoms with Crippen molar-refractivity contribution in [3.63, 3.8) is 0 Å². The van der Waals surface area contributed by atoms with Crippen LogP contribution in [0.25, 0.3) is 0 Å². The van der Waals surface area contributed by atoms with Gasteiger partial charge in [0.05, 0.1) is 9.37 Å². The van der Waals surface area contributed by atoms with Crippen LogP contribution in [-0.2, 0) is 14.8 Å². The predicted molar refractivity (Wildman–Crippen MR) is 120 cm³/mol. The molecule has 0 unspecified atom stereocenters. The average Bonchev–Trinajstić information content (AvgIpc) is 3.16. The van der Waals surface area contributed by atoms with Crippen molar-refractivity contribution < 1.29 is 17.9 Å². The Kier molecular flexibility index (Phi) is 6.93. The zero-order valence-corrected chi connectivity index (χ0v) is 19.7. The number of nitrogens with one attached hydrogen (secondary N) is 2. The fourth-order valence-corrected chi connectivity index (χ4v) is 5.15. The minimum Gasteiger partial charge on any atom is -0.480 e. The second-order valence-electron chi connectivity index (χ2n) is 5.79. The van der Waals surface area contributed by atoms with Crippen LogP contribution < -0.4 is 14.8 Å². The van der Waals surface area contributed by atoms with Gasteiger partial charge in [-0.3, -0.25) is 9.52 Å². The van der Waals surface area contributed by atoms with Crippen LogP contribution in [0.3, 0.4) is 0 Å². The van der Waals surface area contributed by atoms with Gasteiger partial charge in [0.25, 0.3) is 15.9 Å². The maximum Gasteiger partial charge on any atom is 0.265 e. The highest BCUT2D eigenvalue weighted by Crippen LogP contribution is 2.29. The number of benzene rings is 2. The van der Waals surface area contributed by atoms with E-state index in [9.17, 15) is 13.2 Å². The Morgan fingerprint density at radius 1 is 1.17 bits per heavy atom. The number of hydrogen-bond acceptors (Lipinski definition) is 6. The number of amides is 1. The largest absolute Gasteiger partial charge is 0.480 e. The molecule has 0 spiro atoms. The van der Waals surface area contributed by atoms with Gasteiger partial charge < -0.3 is 10.1 Å². The molecule has 0 aliphatic heterocycles. The van der Waals surface area contributed by atoms with Gasteiger partial charge in [0, 0.05) is 21.7 Å². The second-order valence-corrected chi connectivity index (χ2v) is 10.1. The molecule has 2 N–H and O–H groups in total. The first-order valence-corrected chi connectivity index (χ1v) is 12.1. The van der Waals surface area contributed by atoms with Crippen LogP contribution in [0, 0.1) is 0 Å². The lowest BCUT2D eigenvalue weighted by Crippen LogP contribution is -2.30. The van der Waals surface area contributed by atoms with E-state index in [0.29, 0.717) is 15.9 Å². The molecule has 11 heteroatoms. The van der Waals surface area contributed by atoms with Crippen molar-refractivity contribution >= 4 is 69.9 Å². The highest BCUT2D eigenvalue weighted by atomic mass is 79.9. The van der Waals surface area contributed by atoms with Crippen LogP contribution in [-0.4, -0.2) is 25.4 Å². The number of carbonyl (C=O) groups excluding carboxylic acids is 1. The molecule has 0 saturated heterocycles. The quantitative estimate of drug-likeness (QED) is 0.429. The van der Waals surface area contributed by atoms with Crippen molar-refractivity contribution in [3.8, 4) is 5.75 Å². The van der Waals surface area contributed by atoms with E-state index >= 15 is 0 Å². The Morgan fingerprint density at radius 3 is 2.52 bits per heavy atom. The maximum atomic E-state index is 12.4. The van der Waals surface area contributed by atoms with E-state index in [1.54, 1.807) is 18.4 Å². The van der Waals surface area contributed by atoms with Gasteiger partial charge in [-0.2, -0.15) is 0 Å². The fraction of sp³-hybridized carbons (Fsp3) is 0.111. The van der Waals surface area contributed by atoms with E-state index in [1.807, 2.05) is 12.1 Å². The molecule has 3 rings (SSSR count). The zero-order valence-electron chi connectivity index (χ0n) is 14.9. The summed E-state index contributed by atoms with van der Waals surface area (Å²) in [5.41, 5.74) is 0.452. The fourth-order valence-electron chi connectivity index (χ4n) is 2.22. The molecule has 0 fully saturated rings. The predicted octanol–water partition coefficient (Wildman–Crippen LogP) is 4.87. The number of carbonyl (C=O) groups is 1. The smallest absolute Gasteiger partial charge is 0.265 e. The molecule has 0 bridgehead atoms. The van der Waals surface area contributed by atoms with Crippen molar-refractivity contribution in [1.29, 1.82) is 0 Å². The lowest BCUT2D eigenvalue weighted by atomic mass is 10.3. The number of ether oxygens (including phenoxy) is 1. The first kappa shape index (κ1) is 21.8. The molecular weight excluding hydrogens is 546 g/mol. The molecule has 0 aliphatic rings. The summed E-state index contributed by atoms with van der Waals surface area (Å²) in [5.74, 6) is 0.168. The molecule has 7 nitrogen and oxygen atoms in total. The van der Waals surface area contributed by atoms with Crippen molar-refractivity contribution in [3.05, 3.63) is 63.0 Å². The van der Waals surface area contributed by atoms with Gasteiger partial charge in [-0.25, -0.2) is 13.4 Å². The first-order valence-electron chi connectivity index (χ1n) is 8.19. The monoisotopic (exact) mass is 559 g/mol. The molecule has 29 heavy (non-hydrogen) atoms. The number of sulfonamides is 1. The summed E-state index contributed by atoms with van der Waals surface area (Å²) < 4.78 is 34.4. The van der Waals surface area contributed by atoms with Gasteiger partial charge in [0.2, 0.25) is 0 Å². The molecule has 0 aliphatic carbocycles. The van der Waals surface area contributed by atoms with Crippen molar-refractivity contribution in [2.24, 2.45) is 0 Å². The lowest BCUT2D eigenvalue weighted by Gasteiger charge is -2.16. The molecule has 0 saturated carbocycles. The van der Waals surface area contributed by atoms with Crippen LogP contribution in [0.1, 0.15) is 6.92 Å². The summed E-state index contributed by atoms with van der Waals surface area (Å²) in [7, 11) is -3.74. The van der Waals surface area contributed by atoms with E-state index in [2.05, 4.69) is 46.9 Å². The van der Waals surface area contributed by atoms with Crippen molar-refractivity contribution in [2.75, 3.05) is 10.0 Å². The normalized spacial score (nSPS) is 12.2. The lowest BCUT2D eigenvalue weighted by molar-refractivity contribution is -0.122. The van der Waals surface area contributed by atoms with Gasteiger partial charge in [-0.15, -0.1) is 11.3 Å². The van der Waals surface area contributed by atoms with Crippen molar-refractivity contribution in [2.45, 2.75) is 17.9 Å². The zero-order chi connectivity index (χ0) is 21.0. The van der Waals surface area contributed by atoms with Gasteiger partial charge >= 0.3 is 0 Å². The Morgan fingerprint density at radius 2 is 1.90 bits per heavy atom. The summed E-state index contributed by atoms with van der Waals surface area (Å²) >= 11 is 7.93. The van der Waals surface area contributed by atoms with Crippen LogP contribution in [0.2, 0.25) is 0 Å². The summed E-state index contributed by atoms with van der Waals surface area (Å²) in [6.45, 7) is 1.63. The van der Waals surface area contributed by atoms with E-state index < -0.39 is 16.1 Å². The molecule has 1 atom stereocenters. The number of nitrogens with zero attached hydrogens (tertiary/aromatic N) is 1. The van der Waals surface area contributed by atoms with Gasteiger partial charge in [0.15, 0.2) is 11.2 Å². The molecule has 1 amide bonds. The second kappa shape index (κ2) is 9.24. The topological polar surface area (TPSA) is 97.4 Å². The number of anilines is 2. The third-order valence-corrected chi connectivity index (χ3v) is 6.94. The number of aromatic nitrogens is 1. The van der Waals surface area contributed by atoms with E-state index in [0.717, 1.165) is 4.47 Å².